The molecule has 1 atom stereocenters. The zero-order valence-corrected chi connectivity index (χ0v) is 17.4. The molecule has 1 aliphatic rings. The number of amides is 1. The minimum Gasteiger partial charge on any atom is -0.324 e. The number of sulfonamides is 1. The summed E-state index contributed by atoms with van der Waals surface area (Å²) in [5.74, 6) is -0.785. The number of hydrogen-bond acceptors (Lipinski definition) is 3. The summed E-state index contributed by atoms with van der Waals surface area (Å²) < 4.78 is 68.2. The number of likely N-dealkylation sites (tertiary alicyclic amines) is 1. The molecule has 2 rings (SSSR count). The van der Waals surface area contributed by atoms with E-state index >= 15 is 0 Å². The Morgan fingerprint density at radius 3 is 2.50 bits per heavy atom. The SMILES string of the molecule is CCCC1(C(F)(F)F)CCCN1C(=O)c1cccc(S(=O)(=O)N(C)C(C)C)c1. The van der Waals surface area contributed by atoms with Crippen LogP contribution in [0.3, 0.4) is 0 Å². The van der Waals surface area contributed by atoms with Gasteiger partial charge in [0.25, 0.3) is 5.91 Å². The highest BCUT2D eigenvalue weighted by molar-refractivity contribution is 7.89. The molecule has 28 heavy (non-hydrogen) atoms. The molecule has 0 aliphatic carbocycles. The minimum atomic E-state index is -4.54. The van der Waals surface area contributed by atoms with Crippen molar-refractivity contribution in [2.24, 2.45) is 0 Å². The Balaban J connectivity index is 2.45. The first kappa shape index (κ1) is 22.7. The number of hydrogen-bond donors (Lipinski definition) is 0. The second kappa shape index (κ2) is 8.02. The van der Waals surface area contributed by atoms with Crippen LogP contribution in [0.4, 0.5) is 13.2 Å². The molecule has 0 saturated carbocycles. The van der Waals surface area contributed by atoms with Crippen molar-refractivity contribution < 1.29 is 26.4 Å². The molecule has 1 saturated heterocycles. The molecule has 1 aromatic carbocycles. The maximum atomic E-state index is 13.9. The van der Waals surface area contributed by atoms with Gasteiger partial charge in [-0.3, -0.25) is 4.79 Å². The van der Waals surface area contributed by atoms with Crippen molar-refractivity contribution in [2.45, 2.75) is 69.1 Å². The molecule has 1 aliphatic heterocycles. The van der Waals surface area contributed by atoms with Crippen LogP contribution >= 0.6 is 0 Å². The van der Waals surface area contributed by atoms with Crippen LogP contribution in [0, 0.1) is 0 Å². The van der Waals surface area contributed by atoms with E-state index < -0.39 is 27.6 Å². The highest BCUT2D eigenvalue weighted by Crippen LogP contribution is 2.46. The van der Waals surface area contributed by atoms with E-state index in [0.717, 1.165) is 9.21 Å². The average molecular weight is 420 g/mol. The van der Waals surface area contributed by atoms with Gasteiger partial charge in [-0.25, -0.2) is 8.42 Å². The van der Waals surface area contributed by atoms with Gasteiger partial charge in [0.05, 0.1) is 4.90 Å². The fourth-order valence-electron chi connectivity index (χ4n) is 3.67. The Morgan fingerprint density at radius 2 is 1.96 bits per heavy atom. The largest absolute Gasteiger partial charge is 0.411 e. The van der Waals surface area contributed by atoms with E-state index in [1.807, 2.05) is 0 Å². The Kier molecular flexibility index (Phi) is 6.50. The number of halogens is 3. The molecule has 158 valence electrons. The Morgan fingerprint density at radius 1 is 1.32 bits per heavy atom. The van der Waals surface area contributed by atoms with Crippen LogP contribution in [0.2, 0.25) is 0 Å². The van der Waals surface area contributed by atoms with Gasteiger partial charge in [-0.2, -0.15) is 17.5 Å². The lowest BCUT2D eigenvalue weighted by atomic mass is 9.89. The topological polar surface area (TPSA) is 57.7 Å². The van der Waals surface area contributed by atoms with Crippen LogP contribution in [0.15, 0.2) is 29.2 Å². The predicted octanol–water partition coefficient (Wildman–Crippen LogP) is 4.05. The minimum absolute atomic E-state index is 0.00121. The van der Waals surface area contributed by atoms with E-state index in [1.54, 1.807) is 20.8 Å². The van der Waals surface area contributed by atoms with Crippen LogP contribution in [0.1, 0.15) is 56.8 Å². The van der Waals surface area contributed by atoms with Crippen molar-refractivity contribution in [3.05, 3.63) is 29.8 Å². The van der Waals surface area contributed by atoms with Crippen molar-refractivity contribution in [1.29, 1.82) is 0 Å². The van der Waals surface area contributed by atoms with Gasteiger partial charge in [-0.15, -0.1) is 0 Å². The molecule has 0 N–H and O–H groups in total. The lowest BCUT2D eigenvalue weighted by molar-refractivity contribution is -0.217. The predicted molar refractivity (Wildman–Crippen MR) is 100 cm³/mol. The number of alkyl halides is 3. The normalized spacial score (nSPS) is 21.0. The molecule has 1 fully saturated rings. The van der Waals surface area contributed by atoms with E-state index in [0.29, 0.717) is 0 Å². The van der Waals surface area contributed by atoms with Crippen LogP contribution < -0.4 is 0 Å². The third-order valence-corrected chi connectivity index (χ3v) is 7.44. The molecule has 0 spiro atoms. The molecule has 0 radical (unpaired) electrons. The monoisotopic (exact) mass is 420 g/mol. The molecule has 0 bridgehead atoms. The Bertz CT molecular complexity index is 824. The van der Waals surface area contributed by atoms with Crippen molar-refractivity contribution in [3.8, 4) is 0 Å². The quantitative estimate of drug-likeness (QED) is 0.698. The van der Waals surface area contributed by atoms with Crippen molar-refractivity contribution in [3.63, 3.8) is 0 Å². The zero-order chi connectivity index (χ0) is 21.3. The third kappa shape index (κ3) is 3.91. The second-order valence-electron chi connectivity index (χ2n) is 7.48. The molecule has 1 heterocycles. The van der Waals surface area contributed by atoms with Gasteiger partial charge in [0, 0.05) is 25.2 Å². The summed E-state index contributed by atoms with van der Waals surface area (Å²) in [5.41, 5.74) is -2.24. The number of rotatable bonds is 6. The van der Waals surface area contributed by atoms with Crippen LogP contribution in [0.25, 0.3) is 0 Å². The van der Waals surface area contributed by atoms with Crippen LogP contribution in [-0.2, 0) is 10.0 Å². The Hall–Kier alpha value is -1.61. The van der Waals surface area contributed by atoms with E-state index in [9.17, 15) is 26.4 Å². The van der Waals surface area contributed by atoms with E-state index in [2.05, 4.69) is 0 Å². The summed E-state index contributed by atoms with van der Waals surface area (Å²) in [6.07, 6.45) is -4.30. The molecule has 9 heteroatoms. The fourth-order valence-corrected chi connectivity index (χ4v) is 5.09. The van der Waals surface area contributed by atoms with Crippen LogP contribution in [0.5, 0.6) is 0 Å². The summed E-state index contributed by atoms with van der Waals surface area (Å²) in [6.45, 7) is 5.07. The van der Waals surface area contributed by atoms with Crippen molar-refractivity contribution in [2.75, 3.05) is 13.6 Å². The molecule has 1 aromatic rings. The van der Waals surface area contributed by atoms with E-state index in [-0.39, 0.29) is 48.7 Å². The summed E-state index contributed by atoms with van der Waals surface area (Å²) in [5, 5.41) is 0. The number of carbonyl (C=O) groups excluding carboxylic acids is 1. The maximum Gasteiger partial charge on any atom is 0.411 e. The van der Waals surface area contributed by atoms with E-state index in [4.69, 9.17) is 0 Å². The van der Waals surface area contributed by atoms with Gasteiger partial charge in [-0.05, 0) is 51.3 Å². The van der Waals surface area contributed by atoms with Gasteiger partial charge in [-0.1, -0.05) is 19.4 Å². The highest BCUT2D eigenvalue weighted by Gasteiger charge is 2.61. The molecular weight excluding hydrogens is 393 g/mol. The third-order valence-electron chi connectivity index (χ3n) is 5.41. The first-order valence-corrected chi connectivity index (χ1v) is 10.8. The first-order valence-electron chi connectivity index (χ1n) is 9.35. The van der Waals surface area contributed by atoms with Gasteiger partial charge in [0.2, 0.25) is 10.0 Å². The van der Waals surface area contributed by atoms with Gasteiger partial charge < -0.3 is 4.90 Å². The number of benzene rings is 1. The maximum absolute atomic E-state index is 13.9. The highest BCUT2D eigenvalue weighted by atomic mass is 32.2. The van der Waals surface area contributed by atoms with Gasteiger partial charge >= 0.3 is 6.18 Å². The smallest absolute Gasteiger partial charge is 0.324 e. The molecule has 0 aromatic heterocycles. The average Bonchev–Trinajstić information content (AvgIpc) is 3.05. The fraction of sp³-hybridized carbons (Fsp3) is 0.632. The lowest BCUT2D eigenvalue weighted by Gasteiger charge is -2.40. The van der Waals surface area contributed by atoms with Gasteiger partial charge in [0.1, 0.15) is 5.54 Å². The van der Waals surface area contributed by atoms with E-state index in [1.165, 1.54) is 31.3 Å². The lowest BCUT2D eigenvalue weighted by Crippen LogP contribution is -2.57. The first-order chi connectivity index (χ1) is 12.9. The van der Waals surface area contributed by atoms with Crippen molar-refractivity contribution >= 4 is 15.9 Å². The summed E-state index contributed by atoms with van der Waals surface area (Å²) in [6, 6.07) is 4.96. The molecular formula is C19H27F3N2O3S. The van der Waals surface area contributed by atoms with Crippen LogP contribution in [-0.4, -0.2) is 54.9 Å². The number of carbonyl (C=O) groups is 1. The summed E-state index contributed by atoms with van der Waals surface area (Å²) >= 11 is 0. The zero-order valence-electron chi connectivity index (χ0n) is 16.6. The summed E-state index contributed by atoms with van der Waals surface area (Å²) in [7, 11) is -2.42. The Labute approximate surface area is 164 Å². The van der Waals surface area contributed by atoms with Gasteiger partial charge in [0.15, 0.2) is 0 Å². The summed E-state index contributed by atoms with van der Waals surface area (Å²) in [4.78, 5) is 13.8. The second-order valence-corrected chi connectivity index (χ2v) is 9.48. The molecule has 1 amide bonds. The number of nitrogens with zero attached hydrogens (tertiary/aromatic N) is 2. The molecule has 1 unspecified atom stereocenters. The van der Waals surface area contributed by atoms with Crippen molar-refractivity contribution in [1.82, 2.24) is 9.21 Å². The molecule has 5 nitrogen and oxygen atoms in total. The standard InChI is InChI=1S/C19H27F3N2O3S/c1-5-10-18(19(20,21)22)11-7-12-24(18)17(25)15-8-6-9-16(13-15)28(26,27)23(4)14(2)3/h6,8-9,13-14H,5,7,10-12H2,1-4H3.